The van der Waals surface area contributed by atoms with Gasteiger partial charge in [0, 0.05) is 5.69 Å². The number of carbonyl (C=O) groups is 1. The van der Waals surface area contributed by atoms with Crippen LogP contribution in [0.5, 0.6) is 0 Å². The van der Waals surface area contributed by atoms with Crippen LogP contribution in [-0.4, -0.2) is 11.1 Å². The molecule has 3 nitrogen and oxygen atoms in total. The van der Waals surface area contributed by atoms with Gasteiger partial charge in [0.25, 0.3) is 0 Å². The fraction of sp³-hybridized carbons (Fsp3) is 0.562. The van der Waals surface area contributed by atoms with Gasteiger partial charge in [-0.15, -0.1) is 0 Å². The second kappa shape index (κ2) is 8.56. The molecule has 4 heteroatoms. The molecule has 112 valence electrons. The lowest BCUT2D eigenvalue weighted by Crippen LogP contribution is -2.14. The normalized spacial score (nSPS) is 12.3. The molecule has 1 rings (SSSR count). The number of halogens is 1. The van der Waals surface area contributed by atoms with Crippen molar-refractivity contribution in [2.24, 2.45) is 0 Å². The van der Waals surface area contributed by atoms with E-state index in [2.05, 4.69) is 6.92 Å². The van der Waals surface area contributed by atoms with Crippen molar-refractivity contribution in [1.29, 1.82) is 0 Å². The topological polar surface area (TPSA) is 63.3 Å². The Balaban J connectivity index is 2.57. The molecule has 0 bridgehead atoms. The Bertz CT molecular complexity index is 434. The molecule has 1 aromatic carbocycles. The van der Waals surface area contributed by atoms with Gasteiger partial charge in [-0.25, -0.2) is 4.39 Å². The van der Waals surface area contributed by atoms with E-state index >= 15 is 0 Å². The van der Waals surface area contributed by atoms with Crippen LogP contribution in [0.1, 0.15) is 63.4 Å². The number of hydrogen-bond donors (Lipinski definition) is 2. The van der Waals surface area contributed by atoms with Crippen molar-refractivity contribution >= 4 is 11.7 Å². The smallest absolute Gasteiger partial charge is 0.311 e. The van der Waals surface area contributed by atoms with E-state index in [-0.39, 0.29) is 0 Å². The van der Waals surface area contributed by atoms with Gasteiger partial charge in [-0.3, -0.25) is 4.79 Å². The third kappa shape index (κ3) is 5.19. The molecule has 0 fully saturated rings. The van der Waals surface area contributed by atoms with Crippen molar-refractivity contribution in [3.8, 4) is 0 Å². The quantitative estimate of drug-likeness (QED) is 0.523. The first-order valence-electron chi connectivity index (χ1n) is 7.34. The zero-order valence-electron chi connectivity index (χ0n) is 12.1. The second-order valence-corrected chi connectivity index (χ2v) is 5.22. The van der Waals surface area contributed by atoms with Gasteiger partial charge in [-0.2, -0.15) is 0 Å². The highest BCUT2D eigenvalue weighted by Crippen LogP contribution is 2.28. The van der Waals surface area contributed by atoms with E-state index in [0.717, 1.165) is 19.3 Å². The molecule has 3 N–H and O–H groups in total. The van der Waals surface area contributed by atoms with E-state index in [9.17, 15) is 14.3 Å². The number of hydrogen-bond acceptors (Lipinski definition) is 2. The minimum absolute atomic E-state index is 0.352. The minimum atomic E-state index is -0.934. The molecule has 0 amide bonds. The average molecular weight is 281 g/mol. The Morgan fingerprint density at radius 1 is 1.25 bits per heavy atom. The van der Waals surface area contributed by atoms with Crippen LogP contribution in [0.15, 0.2) is 18.2 Å². The van der Waals surface area contributed by atoms with Crippen molar-refractivity contribution in [2.45, 2.75) is 57.8 Å². The highest BCUT2D eigenvalue weighted by Gasteiger charge is 2.22. The lowest BCUT2D eigenvalue weighted by molar-refractivity contribution is -0.139. The van der Waals surface area contributed by atoms with Crippen LogP contribution in [0.3, 0.4) is 0 Å². The van der Waals surface area contributed by atoms with Gasteiger partial charge in [0.15, 0.2) is 0 Å². The number of aliphatic carboxylic acids is 1. The lowest BCUT2D eigenvalue weighted by Gasteiger charge is -2.15. The van der Waals surface area contributed by atoms with E-state index in [1.54, 1.807) is 0 Å². The summed E-state index contributed by atoms with van der Waals surface area (Å²) in [7, 11) is 0. The van der Waals surface area contributed by atoms with Gasteiger partial charge in [-0.05, 0) is 30.2 Å². The summed E-state index contributed by atoms with van der Waals surface area (Å²) in [4.78, 5) is 11.4. The summed E-state index contributed by atoms with van der Waals surface area (Å²) in [5, 5.41) is 9.30. The fourth-order valence-electron chi connectivity index (χ4n) is 2.39. The van der Waals surface area contributed by atoms with Crippen molar-refractivity contribution < 1.29 is 14.3 Å². The highest BCUT2D eigenvalue weighted by molar-refractivity contribution is 5.78. The summed E-state index contributed by atoms with van der Waals surface area (Å²) in [5.74, 6) is -2.09. The molecular formula is C16H24FNO2. The monoisotopic (exact) mass is 281 g/mol. The Morgan fingerprint density at radius 3 is 2.55 bits per heavy atom. The molecule has 1 atom stereocenters. The summed E-state index contributed by atoms with van der Waals surface area (Å²) < 4.78 is 13.3. The van der Waals surface area contributed by atoms with Gasteiger partial charge in [0.2, 0.25) is 0 Å². The third-order valence-corrected chi connectivity index (χ3v) is 3.57. The first kappa shape index (κ1) is 16.5. The van der Waals surface area contributed by atoms with Gasteiger partial charge in [-0.1, -0.05) is 45.4 Å². The molecule has 0 aliphatic heterocycles. The van der Waals surface area contributed by atoms with Gasteiger partial charge >= 0.3 is 5.97 Å². The summed E-state index contributed by atoms with van der Waals surface area (Å²) >= 11 is 0. The first-order chi connectivity index (χ1) is 9.56. The Hall–Kier alpha value is -1.58. The summed E-state index contributed by atoms with van der Waals surface area (Å²) in [6.07, 6.45) is 7.08. The van der Waals surface area contributed by atoms with Crippen LogP contribution < -0.4 is 5.73 Å². The fourth-order valence-corrected chi connectivity index (χ4v) is 2.39. The minimum Gasteiger partial charge on any atom is -0.481 e. The SMILES string of the molecule is CCCCCCCCC(C(=O)O)c1cc(F)ccc1N. The van der Waals surface area contributed by atoms with Crippen molar-refractivity contribution in [3.05, 3.63) is 29.6 Å². The van der Waals surface area contributed by atoms with E-state index in [0.29, 0.717) is 17.7 Å². The Labute approximate surface area is 120 Å². The maximum Gasteiger partial charge on any atom is 0.311 e. The van der Waals surface area contributed by atoms with E-state index in [1.165, 1.54) is 37.5 Å². The van der Waals surface area contributed by atoms with E-state index in [4.69, 9.17) is 5.73 Å². The highest BCUT2D eigenvalue weighted by atomic mass is 19.1. The number of rotatable bonds is 9. The summed E-state index contributed by atoms with van der Waals surface area (Å²) in [6, 6.07) is 3.93. The molecule has 1 aromatic rings. The maximum absolute atomic E-state index is 13.3. The number of benzene rings is 1. The number of nitrogens with two attached hydrogens (primary N) is 1. The van der Waals surface area contributed by atoms with Crippen LogP contribution in [-0.2, 0) is 4.79 Å². The molecule has 0 aliphatic carbocycles. The number of unbranched alkanes of at least 4 members (excludes halogenated alkanes) is 5. The number of nitrogen functional groups attached to an aromatic ring is 1. The molecule has 0 saturated carbocycles. The molecule has 0 aliphatic rings. The molecule has 1 unspecified atom stereocenters. The predicted octanol–water partition coefficient (Wildman–Crippen LogP) is 4.33. The second-order valence-electron chi connectivity index (χ2n) is 5.22. The third-order valence-electron chi connectivity index (χ3n) is 3.57. The zero-order chi connectivity index (χ0) is 15.0. The van der Waals surface area contributed by atoms with Crippen LogP contribution in [0.4, 0.5) is 10.1 Å². The number of carboxylic acid groups (broad SMARTS) is 1. The van der Waals surface area contributed by atoms with Crippen molar-refractivity contribution in [2.75, 3.05) is 5.73 Å². The Kier molecular flexibility index (Phi) is 7.05. The Morgan fingerprint density at radius 2 is 1.90 bits per heavy atom. The van der Waals surface area contributed by atoms with Crippen LogP contribution >= 0.6 is 0 Å². The maximum atomic E-state index is 13.3. The van der Waals surface area contributed by atoms with Crippen LogP contribution in [0.25, 0.3) is 0 Å². The van der Waals surface area contributed by atoms with Crippen molar-refractivity contribution in [3.63, 3.8) is 0 Å². The van der Waals surface area contributed by atoms with Gasteiger partial charge in [0.05, 0.1) is 5.92 Å². The first-order valence-corrected chi connectivity index (χ1v) is 7.34. The molecule has 20 heavy (non-hydrogen) atoms. The zero-order valence-corrected chi connectivity index (χ0v) is 12.1. The molecular weight excluding hydrogens is 257 g/mol. The number of carboxylic acids is 1. The predicted molar refractivity (Wildman–Crippen MR) is 79.2 cm³/mol. The van der Waals surface area contributed by atoms with E-state index < -0.39 is 17.7 Å². The van der Waals surface area contributed by atoms with Crippen molar-refractivity contribution in [1.82, 2.24) is 0 Å². The van der Waals surface area contributed by atoms with Gasteiger partial charge < -0.3 is 10.8 Å². The molecule has 0 aromatic heterocycles. The van der Waals surface area contributed by atoms with Crippen LogP contribution in [0.2, 0.25) is 0 Å². The molecule has 0 saturated heterocycles. The molecule has 0 heterocycles. The number of anilines is 1. The van der Waals surface area contributed by atoms with E-state index in [1.807, 2.05) is 0 Å². The lowest BCUT2D eigenvalue weighted by atomic mass is 9.91. The largest absolute Gasteiger partial charge is 0.481 e. The van der Waals surface area contributed by atoms with Crippen LogP contribution in [0, 0.1) is 5.82 Å². The van der Waals surface area contributed by atoms with Gasteiger partial charge in [0.1, 0.15) is 5.82 Å². The average Bonchev–Trinajstić information content (AvgIpc) is 2.41. The summed E-state index contributed by atoms with van der Waals surface area (Å²) in [6.45, 7) is 2.16. The summed E-state index contributed by atoms with van der Waals surface area (Å²) in [5.41, 5.74) is 6.51. The standard InChI is InChI=1S/C16H24FNO2/c1-2-3-4-5-6-7-8-13(16(19)20)14-11-12(17)9-10-15(14)18/h9-11,13H,2-8,18H2,1H3,(H,19,20). The molecule has 0 spiro atoms. The molecule has 0 radical (unpaired) electrons.